The minimum atomic E-state index is -3.60. The van der Waals surface area contributed by atoms with Crippen molar-refractivity contribution in [2.75, 3.05) is 14.2 Å². The first-order valence-corrected chi connectivity index (χ1v) is 11.6. The maximum Gasteiger partial charge on any atom is 0.243 e. The van der Waals surface area contributed by atoms with Gasteiger partial charge in [0.15, 0.2) is 0 Å². The molecule has 4 aromatic rings. The summed E-state index contributed by atoms with van der Waals surface area (Å²) in [6, 6.07) is 28.1. The highest BCUT2D eigenvalue weighted by Crippen LogP contribution is 2.27. The number of aliphatic imine (C=N–C) groups is 1. The summed E-state index contributed by atoms with van der Waals surface area (Å²) in [5, 5.41) is 2.13. The molecule has 0 amide bonds. The summed E-state index contributed by atoms with van der Waals surface area (Å²) in [5.41, 5.74) is 2.47. The highest BCUT2D eigenvalue weighted by atomic mass is 32.2. The molecule has 162 valence electrons. The Morgan fingerprint density at radius 1 is 0.875 bits per heavy atom. The van der Waals surface area contributed by atoms with Gasteiger partial charge < -0.3 is 4.74 Å². The number of benzene rings is 4. The van der Waals surface area contributed by atoms with Crippen LogP contribution in [-0.4, -0.2) is 33.1 Å². The fourth-order valence-electron chi connectivity index (χ4n) is 3.54. The van der Waals surface area contributed by atoms with E-state index in [4.69, 9.17) is 4.74 Å². The Morgan fingerprint density at radius 3 is 2.28 bits per heavy atom. The predicted octanol–water partition coefficient (Wildman–Crippen LogP) is 5.42. The molecular formula is C26H24N2O3S. The zero-order chi connectivity index (χ0) is 22.6. The molecule has 0 bridgehead atoms. The van der Waals surface area contributed by atoms with Gasteiger partial charge in [-0.3, -0.25) is 4.99 Å². The van der Waals surface area contributed by atoms with Crippen molar-refractivity contribution in [1.29, 1.82) is 0 Å². The quantitative estimate of drug-likeness (QED) is 0.358. The van der Waals surface area contributed by atoms with E-state index in [0.29, 0.717) is 12.2 Å². The van der Waals surface area contributed by atoms with Gasteiger partial charge in [-0.05, 0) is 46.7 Å². The maximum absolute atomic E-state index is 12.9. The second-order valence-electron chi connectivity index (χ2n) is 7.40. The van der Waals surface area contributed by atoms with Crippen LogP contribution in [0.25, 0.3) is 10.8 Å². The predicted molar refractivity (Wildman–Crippen MR) is 129 cm³/mol. The van der Waals surface area contributed by atoms with Crippen LogP contribution in [-0.2, 0) is 16.6 Å². The van der Waals surface area contributed by atoms with Crippen molar-refractivity contribution in [3.05, 3.63) is 102 Å². The topological polar surface area (TPSA) is 59.0 Å². The monoisotopic (exact) mass is 444 g/mol. The van der Waals surface area contributed by atoms with Gasteiger partial charge in [0.25, 0.3) is 0 Å². The molecule has 0 unspecified atom stereocenters. The smallest absolute Gasteiger partial charge is 0.243 e. The van der Waals surface area contributed by atoms with Crippen LogP contribution in [0, 0.1) is 0 Å². The van der Waals surface area contributed by atoms with Crippen LogP contribution < -0.4 is 4.74 Å². The van der Waals surface area contributed by atoms with Crippen molar-refractivity contribution in [1.82, 2.24) is 4.31 Å². The van der Waals surface area contributed by atoms with Gasteiger partial charge in [-0.25, -0.2) is 8.42 Å². The van der Waals surface area contributed by atoms with Gasteiger partial charge in [-0.2, -0.15) is 4.31 Å². The van der Waals surface area contributed by atoms with Crippen molar-refractivity contribution in [2.24, 2.45) is 4.99 Å². The normalized spacial score (nSPS) is 12.0. The molecule has 0 spiro atoms. The average molecular weight is 445 g/mol. The van der Waals surface area contributed by atoms with Crippen LogP contribution in [0.15, 0.2) is 101 Å². The number of methoxy groups -OCH3 is 1. The van der Waals surface area contributed by atoms with E-state index in [2.05, 4.69) is 4.99 Å². The molecule has 6 heteroatoms. The van der Waals surface area contributed by atoms with Gasteiger partial charge in [0, 0.05) is 25.4 Å². The van der Waals surface area contributed by atoms with Crippen LogP contribution in [0.4, 0.5) is 5.69 Å². The van der Waals surface area contributed by atoms with E-state index in [0.717, 1.165) is 27.6 Å². The van der Waals surface area contributed by atoms with Gasteiger partial charge in [0.1, 0.15) is 5.75 Å². The Kier molecular flexibility index (Phi) is 6.35. The van der Waals surface area contributed by atoms with Gasteiger partial charge in [0.05, 0.1) is 17.7 Å². The van der Waals surface area contributed by atoms with Crippen LogP contribution in [0.5, 0.6) is 5.75 Å². The maximum atomic E-state index is 12.9. The third-order valence-corrected chi connectivity index (χ3v) is 7.10. The molecule has 0 saturated heterocycles. The van der Waals surface area contributed by atoms with Crippen molar-refractivity contribution < 1.29 is 13.2 Å². The number of hydrogen-bond acceptors (Lipinski definition) is 4. The minimum absolute atomic E-state index is 0.234. The summed E-state index contributed by atoms with van der Waals surface area (Å²) in [6.07, 6.45) is 1.76. The Bertz CT molecular complexity index is 1350. The Labute approximate surface area is 188 Å². The standard InChI is InChI=1S/C26H24N2O3S/c1-28(19-20-8-4-3-5-9-20)32(29,30)23-15-13-22(14-16-23)27-18-25-24-11-7-6-10-21(24)12-17-26(25)31-2/h3-18H,19H2,1-2H3. The van der Waals surface area contributed by atoms with Crippen molar-refractivity contribution in [3.63, 3.8) is 0 Å². The highest BCUT2D eigenvalue weighted by Gasteiger charge is 2.20. The third-order valence-electron chi connectivity index (χ3n) is 5.29. The second-order valence-corrected chi connectivity index (χ2v) is 9.45. The van der Waals surface area contributed by atoms with Crippen molar-refractivity contribution >= 4 is 32.7 Å². The number of ether oxygens (including phenoxy) is 1. The lowest BCUT2D eigenvalue weighted by atomic mass is 10.0. The van der Waals surface area contributed by atoms with E-state index in [-0.39, 0.29) is 4.90 Å². The molecular weight excluding hydrogens is 420 g/mol. The third kappa shape index (κ3) is 4.56. The largest absolute Gasteiger partial charge is 0.496 e. The Balaban J connectivity index is 1.57. The molecule has 0 heterocycles. The number of hydrogen-bond donors (Lipinski definition) is 0. The molecule has 4 aromatic carbocycles. The lowest BCUT2D eigenvalue weighted by Gasteiger charge is -2.17. The molecule has 32 heavy (non-hydrogen) atoms. The zero-order valence-corrected chi connectivity index (χ0v) is 18.8. The summed E-state index contributed by atoms with van der Waals surface area (Å²) in [7, 11) is -0.383. The van der Waals surface area contributed by atoms with Crippen LogP contribution in [0.3, 0.4) is 0 Å². The molecule has 0 atom stereocenters. The molecule has 0 saturated carbocycles. The number of fused-ring (bicyclic) bond motifs is 1. The summed E-state index contributed by atoms with van der Waals surface area (Å²) in [4.78, 5) is 4.79. The zero-order valence-electron chi connectivity index (χ0n) is 18.0. The van der Waals surface area contributed by atoms with Crippen LogP contribution in [0.1, 0.15) is 11.1 Å². The fourth-order valence-corrected chi connectivity index (χ4v) is 4.69. The summed E-state index contributed by atoms with van der Waals surface area (Å²) < 4.78 is 32.7. The molecule has 0 N–H and O–H groups in total. The minimum Gasteiger partial charge on any atom is -0.496 e. The molecule has 0 aliphatic heterocycles. The average Bonchev–Trinajstić information content (AvgIpc) is 2.83. The molecule has 0 aliphatic rings. The van der Waals surface area contributed by atoms with E-state index in [9.17, 15) is 8.42 Å². The molecule has 0 aromatic heterocycles. The molecule has 0 fully saturated rings. The summed E-state index contributed by atoms with van der Waals surface area (Å²) in [5.74, 6) is 0.731. The number of nitrogens with zero attached hydrogens (tertiary/aromatic N) is 2. The summed E-state index contributed by atoms with van der Waals surface area (Å²) >= 11 is 0. The Morgan fingerprint density at radius 2 is 1.56 bits per heavy atom. The van der Waals surface area contributed by atoms with Crippen molar-refractivity contribution in [2.45, 2.75) is 11.4 Å². The van der Waals surface area contributed by atoms with Gasteiger partial charge >= 0.3 is 0 Å². The molecule has 4 rings (SSSR count). The van der Waals surface area contributed by atoms with Crippen LogP contribution >= 0.6 is 0 Å². The molecule has 0 radical (unpaired) electrons. The number of sulfonamides is 1. The van der Waals surface area contributed by atoms with Gasteiger partial charge in [-0.15, -0.1) is 0 Å². The van der Waals surface area contributed by atoms with Crippen LogP contribution in [0.2, 0.25) is 0 Å². The summed E-state index contributed by atoms with van der Waals surface area (Å²) in [6.45, 7) is 0.309. The first-order valence-electron chi connectivity index (χ1n) is 10.2. The lowest BCUT2D eigenvalue weighted by molar-refractivity contribution is 0.415. The van der Waals surface area contributed by atoms with E-state index in [1.54, 1.807) is 44.6 Å². The molecule has 5 nitrogen and oxygen atoms in total. The lowest BCUT2D eigenvalue weighted by Crippen LogP contribution is -2.26. The first kappa shape index (κ1) is 21.7. The highest BCUT2D eigenvalue weighted by molar-refractivity contribution is 7.89. The van der Waals surface area contributed by atoms with E-state index in [1.807, 2.05) is 66.7 Å². The second kappa shape index (κ2) is 9.34. The van der Waals surface area contributed by atoms with E-state index >= 15 is 0 Å². The molecule has 0 aliphatic carbocycles. The fraction of sp³-hybridized carbons (Fsp3) is 0.115. The SMILES string of the molecule is COc1ccc2ccccc2c1C=Nc1ccc(S(=O)(=O)N(C)Cc2ccccc2)cc1. The Hall–Kier alpha value is -3.48. The van der Waals surface area contributed by atoms with Crippen molar-refractivity contribution in [3.8, 4) is 5.75 Å². The van der Waals surface area contributed by atoms with E-state index < -0.39 is 10.0 Å². The first-order chi connectivity index (χ1) is 15.5. The van der Waals surface area contributed by atoms with Gasteiger partial charge in [-0.1, -0.05) is 60.7 Å². The number of rotatable bonds is 7. The van der Waals surface area contributed by atoms with Gasteiger partial charge in [0.2, 0.25) is 10.0 Å². The van der Waals surface area contributed by atoms with E-state index in [1.165, 1.54) is 4.31 Å².